The van der Waals surface area contributed by atoms with E-state index in [0.717, 1.165) is 30.4 Å². The number of aromatic nitrogens is 4. The Hall–Kier alpha value is -6.00. The number of quaternary nitrogens is 1. The summed E-state index contributed by atoms with van der Waals surface area (Å²) in [4.78, 5) is 60.2. The van der Waals surface area contributed by atoms with Gasteiger partial charge < -0.3 is 29.5 Å². The minimum Gasteiger partial charge on any atom is -0.339 e. The Morgan fingerprint density at radius 3 is 2.14 bits per heavy atom. The first-order chi connectivity index (χ1) is 28.1. The third kappa shape index (κ3) is 8.88. The van der Waals surface area contributed by atoms with Crippen molar-refractivity contribution >= 4 is 46.6 Å². The maximum absolute atomic E-state index is 15.7. The number of hydrogen-bond acceptors (Lipinski definition) is 6. The van der Waals surface area contributed by atoms with Crippen molar-refractivity contribution in [2.45, 2.75) is 26.3 Å². The number of piperazine rings is 1. The molecule has 17 heteroatoms. The number of benzene rings is 3. The van der Waals surface area contributed by atoms with Crippen molar-refractivity contribution in [3.63, 3.8) is 0 Å². The smallest absolute Gasteiger partial charge is 0.291 e. The van der Waals surface area contributed by atoms with E-state index in [-0.39, 0.29) is 68.8 Å². The molecule has 0 spiro atoms. The molecule has 13 nitrogen and oxygen atoms in total. The van der Waals surface area contributed by atoms with Crippen LogP contribution in [0.1, 0.15) is 39.5 Å². The number of halogens is 4. The van der Waals surface area contributed by atoms with Crippen molar-refractivity contribution in [3.05, 3.63) is 107 Å². The highest BCUT2D eigenvalue weighted by Crippen LogP contribution is 2.33. The monoisotopic (exact) mass is 830 g/mol. The van der Waals surface area contributed by atoms with Gasteiger partial charge in [-0.25, -0.2) is 18.2 Å². The number of hydrogen-bond donors (Lipinski definition) is 2. The average molecular weight is 831 g/mol. The SMILES string of the molecule is Cc1nn(CC(=O)Nc2ccc(F)cc2)cc1-c1ccc(-c2cnc(C(=O)Nc3ccc(C(=O)N4CCN(C(=O)C5CC[N+](C)(C)CC5)CC4)c(Cl)c3)n2C)c(F)c1F. The number of imidazole rings is 1. The fourth-order valence-electron chi connectivity index (χ4n) is 7.60. The zero-order chi connectivity index (χ0) is 42.2. The molecule has 0 radical (unpaired) electrons. The number of nitrogens with one attached hydrogen (secondary N) is 2. The number of amides is 4. The summed E-state index contributed by atoms with van der Waals surface area (Å²) in [6.07, 6.45) is 4.41. The molecule has 2 aromatic heterocycles. The molecule has 2 aliphatic rings. The Balaban J connectivity index is 0.971. The second-order valence-corrected chi connectivity index (χ2v) is 16.0. The van der Waals surface area contributed by atoms with E-state index in [1.165, 1.54) is 77.2 Å². The molecule has 7 rings (SSSR count). The van der Waals surface area contributed by atoms with Gasteiger partial charge in [0, 0.05) is 86.2 Å². The van der Waals surface area contributed by atoms with Crippen LogP contribution >= 0.6 is 11.6 Å². The first-order valence-corrected chi connectivity index (χ1v) is 19.6. The number of carbonyl (C=O) groups excluding carboxylic acids is 4. The fourth-order valence-corrected chi connectivity index (χ4v) is 7.86. The topological polar surface area (TPSA) is 134 Å². The van der Waals surface area contributed by atoms with Gasteiger partial charge in [-0.15, -0.1) is 0 Å². The number of anilines is 2. The summed E-state index contributed by atoms with van der Waals surface area (Å²) in [7, 11) is 5.85. The van der Waals surface area contributed by atoms with Crippen molar-refractivity contribution in [2.75, 3.05) is 64.0 Å². The quantitative estimate of drug-likeness (QED) is 0.176. The van der Waals surface area contributed by atoms with Crippen LogP contribution in [-0.4, -0.2) is 111 Å². The van der Waals surface area contributed by atoms with Gasteiger partial charge in [-0.1, -0.05) is 17.7 Å². The zero-order valence-corrected chi connectivity index (χ0v) is 33.8. The van der Waals surface area contributed by atoms with E-state index in [1.807, 2.05) is 4.90 Å². The zero-order valence-electron chi connectivity index (χ0n) is 33.1. The number of carbonyl (C=O) groups is 4. The van der Waals surface area contributed by atoms with E-state index >= 15 is 8.78 Å². The molecule has 4 amide bonds. The van der Waals surface area contributed by atoms with E-state index < -0.39 is 29.3 Å². The Morgan fingerprint density at radius 1 is 0.831 bits per heavy atom. The maximum Gasteiger partial charge on any atom is 0.291 e. The van der Waals surface area contributed by atoms with Gasteiger partial charge in [-0.3, -0.25) is 23.9 Å². The lowest BCUT2D eigenvalue weighted by Gasteiger charge is -2.40. The molecule has 0 saturated carbocycles. The van der Waals surface area contributed by atoms with E-state index in [1.54, 1.807) is 17.9 Å². The Morgan fingerprint density at radius 2 is 1.46 bits per heavy atom. The van der Waals surface area contributed by atoms with E-state index in [0.29, 0.717) is 37.6 Å². The van der Waals surface area contributed by atoms with Gasteiger partial charge in [0.1, 0.15) is 12.4 Å². The lowest BCUT2D eigenvalue weighted by Crippen LogP contribution is -2.54. The molecule has 0 unspecified atom stereocenters. The highest BCUT2D eigenvalue weighted by atomic mass is 35.5. The minimum absolute atomic E-state index is 0.0217. The second kappa shape index (κ2) is 16.7. The predicted octanol–water partition coefficient (Wildman–Crippen LogP) is 5.99. The normalized spacial score (nSPS) is 15.6. The summed E-state index contributed by atoms with van der Waals surface area (Å²) < 4.78 is 48.2. The lowest BCUT2D eigenvalue weighted by atomic mass is 9.94. The van der Waals surface area contributed by atoms with Crippen LogP contribution in [0.25, 0.3) is 22.4 Å². The van der Waals surface area contributed by atoms with Crippen LogP contribution in [0.4, 0.5) is 24.5 Å². The summed E-state index contributed by atoms with van der Waals surface area (Å²) in [6, 6.07) is 12.5. The molecule has 2 aliphatic heterocycles. The van der Waals surface area contributed by atoms with Gasteiger partial charge in [-0.2, -0.15) is 5.10 Å². The predicted molar refractivity (Wildman–Crippen MR) is 216 cm³/mol. The van der Waals surface area contributed by atoms with Crippen LogP contribution in [0.3, 0.4) is 0 Å². The van der Waals surface area contributed by atoms with Crippen LogP contribution < -0.4 is 10.6 Å². The van der Waals surface area contributed by atoms with Crippen molar-refractivity contribution in [1.82, 2.24) is 29.1 Å². The van der Waals surface area contributed by atoms with Crippen LogP contribution in [0, 0.1) is 30.3 Å². The van der Waals surface area contributed by atoms with Gasteiger partial charge in [0.2, 0.25) is 11.8 Å². The Labute approximate surface area is 343 Å². The minimum atomic E-state index is -1.17. The largest absolute Gasteiger partial charge is 0.339 e. The molecule has 5 aromatic rings. The van der Waals surface area contributed by atoms with Gasteiger partial charge in [0.15, 0.2) is 17.5 Å². The number of aryl methyl sites for hydroxylation is 1. The standard InChI is InChI=1S/C42H43ClF3N9O4/c1-25-33(23-54(50-25)24-36(56)48-28-7-5-27(44)6-8-28)30-11-12-32(38(46)37(30)45)35-22-47-39(51(35)2)40(57)49-29-9-10-31(34(43)21-29)42(59)53-17-15-52(16-18-53)41(58)26-13-19-55(3,4)20-14-26/h5-12,21-23,26H,13-20,24H2,1-4H3,(H-,48,49,56,57,59)/p+1. The molecule has 2 N–H and O–H groups in total. The molecule has 4 heterocycles. The molecular formula is C42H44ClF3N9O4+. The van der Waals surface area contributed by atoms with Crippen LogP contribution in [0.15, 0.2) is 67.0 Å². The number of piperidine rings is 1. The molecule has 3 aromatic carbocycles. The molecule has 2 saturated heterocycles. The summed E-state index contributed by atoms with van der Waals surface area (Å²) >= 11 is 6.55. The van der Waals surface area contributed by atoms with Crippen LogP contribution in [0.5, 0.6) is 0 Å². The second-order valence-electron chi connectivity index (χ2n) is 15.6. The third-order valence-corrected chi connectivity index (χ3v) is 11.4. The average Bonchev–Trinajstić information content (AvgIpc) is 3.77. The Kier molecular flexibility index (Phi) is 11.7. The van der Waals surface area contributed by atoms with Crippen molar-refractivity contribution < 1.29 is 36.8 Å². The van der Waals surface area contributed by atoms with E-state index in [4.69, 9.17) is 11.6 Å². The summed E-state index contributed by atoms with van der Waals surface area (Å²) in [5.74, 6) is -4.08. The lowest BCUT2D eigenvalue weighted by molar-refractivity contribution is -0.895. The molecular weight excluding hydrogens is 787 g/mol. The first-order valence-electron chi connectivity index (χ1n) is 19.2. The highest BCUT2D eigenvalue weighted by Gasteiger charge is 2.35. The molecule has 2 fully saturated rings. The fraction of sp³-hybridized carbons (Fsp3) is 0.333. The highest BCUT2D eigenvalue weighted by molar-refractivity contribution is 6.34. The summed E-state index contributed by atoms with van der Waals surface area (Å²) in [5, 5.41) is 9.73. The molecule has 0 aliphatic carbocycles. The summed E-state index contributed by atoms with van der Waals surface area (Å²) in [6.45, 7) is 4.97. The number of rotatable bonds is 9. The van der Waals surface area contributed by atoms with Gasteiger partial charge in [0.05, 0.1) is 55.4 Å². The van der Waals surface area contributed by atoms with Crippen molar-refractivity contribution in [2.24, 2.45) is 13.0 Å². The van der Waals surface area contributed by atoms with Gasteiger partial charge in [0.25, 0.3) is 11.8 Å². The number of nitrogens with zero attached hydrogens (tertiary/aromatic N) is 7. The maximum atomic E-state index is 15.7. The van der Waals surface area contributed by atoms with Gasteiger partial charge in [-0.05, 0) is 55.5 Å². The first kappa shape index (κ1) is 41.2. The summed E-state index contributed by atoms with van der Waals surface area (Å²) in [5.41, 5.74) is 1.47. The third-order valence-electron chi connectivity index (χ3n) is 11.1. The molecule has 59 heavy (non-hydrogen) atoms. The van der Waals surface area contributed by atoms with E-state index in [2.05, 4.69) is 34.8 Å². The number of likely N-dealkylation sites (tertiary alicyclic amines) is 1. The molecule has 0 bridgehead atoms. The van der Waals surface area contributed by atoms with Gasteiger partial charge >= 0.3 is 0 Å². The van der Waals surface area contributed by atoms with Crippen LogP contribution in [-0.2, 0) is 23.2 Å². The molecule has 308 valence electrons. The van der Waals surface area contributed by atoms with Crippen LogP contribution in [0.2, 0.25) is 5.02 Å². The van der Waals surface area contributed by atoms with Crippen molar-refractivity contribution in [3.8, 4) is 22.4 Å². The van der Waals surface area contributed by atoms with E-state index in [9.17, 15) is 23.6 Å². The molecule has 0 atom stereocenters. The van der Waals surface area contributed by atoms with Crippen molar-refractivity contribution in [1.29, 1.82) is 0 Å². The Bertz CT molecular complexity index is 2430.